The van der Waals surface area contributed by atoms with Crippen LogP contribution in [0.1, 0.15) is 41.6 Å². The smallest absolute Gasteiger partial charge is 0.260 e. The third-order valence-electron chi connectivity index (χ3n) is 6.75. The lowest BCUT2D eigenvalue weighted by Crippen LogP contribution is -2.49. The number of likely N-dealkylation sites (tertiary alicyclic amines) is 2. The maximum Gasteiger partial charge on any atom is 0.260 e. The van der Waals surface area contributed by atoms with E-state index in [9.17, 15) is 14.4 Å². The normalized spacial score (nSPS) is 17.3. The second-order valence-corrected chi connectivity index (χ2v) is 9.20. The molecule has 3 amide bonds. The minimum atomic E-state index is -0.0775. The third-order valence-corrected chi connectivity index (χ3v) is 6.75. The Morgan fingerprint density at radius 3 is 2.12 bits per heavy atom. The van der Waals surface area contributed by atoms with Crippen LogP contribution in [0.4, 0.5) is 0 Å². The first-order valence-corrected chi connectivity index (χ1v) is 12.1. The van der Waals surface area contributed by atoms with E-state index in [0.717, 1.165) is 18.4 Å². The topological polar surface area (TPSA) is 79.0 Å². The van der Waals surface area contributed by atoms with Crippen molar-refractivity contribution >= 4 is 17.7 Å². The summed E-state index contributed by atoms with van der Waals surface area (Å²) >= 11 is 0. The molecule has 2 aromatic carbocycles. The van der Waals surface area contributed by atoms with Crippen molar-refractivity contribution in [2.45, 2.75) is 38.6 Å². The Hall–Kier alpha value is -3.35. The number of carbonyl (C=O) groups excluding carboxylic acids is 3. The second kappa shape index (κ2) is 11.2. The zero-order chi connectivity index (χ0) is 23.9. The molecule has 7 nitrogen and oxygen atoms in total. The number of piperidine rings is 2. The van der Waals surface area contributed by atoms with Crippen LogP contribution < -0.4 is 10.1 Å². The molecule has 7 heteroatoms. The van der Waals surface area contributed by atoms with Crippen molar-refractivity contribution in [3.05, 3.63) is 65.7 Å². The minimum absolute atomic E-state index is 0.0146. The lowest BCUT2D eigenvalue weighted by atomic mass is 9.94. The van der Waals surface area contributed by atoms with Gasteiger partial charge in [0.15, 0.2) is 6.61 Å². The van der Waals surface area contributed by atoms with E-state index in [1.165, 1.54) is 0 Å². The van der Waals surface area contributed by atoms with E-state index in [0.29, 0.717) is 50.3 Å². The SMILES string of the molecule is Cc1ccc(C(=O)N2CCC(NC(=O)C3CCN(C(=O)COc4ccccc4)CC3)CC2)cc1. The molecule has 0 saturated carbocycles. The molecule has 4 rings (SSSR count). The lowest BCUT2D eigenvalue weighted by molar-refractivity contribution is -0.137. The van der Waals surface area contributed by atoms with Gasteiger partial charge in [-0.1, -0.05) is 35.9 Å². The van der Waals surface area contributed by atoms with Gasteiger partial charge in [-0.15, -0.1) is 0 Å². The van der Waals surface area contributed by atoms with Gasteiger partial charge in [0.2, 0.25) is 5.91 Å². The molecule has 0 spiro atoms. The summed E-state index contributed by atoms with van der Waals surface area (Å²) in [5, 5.41) is 3.18. The number of hydrogen-bond donors (Lipinski definition) is 1. The Labute approximate surface area is 201 Å². The van der Waals surface area contributed by atoms with Crippen LogP contribution in [0.2, 0.25) is 0 Å². The molecule has 0 aliphatic carbocycles. The summed E-state index contributed by atoms with van der Waals surface area (Å²) in [4.78, 5) is 41.6. The molecule has 0 atom stereocenters. The summed E-state index contributed by atoms with van der Waals surface area (Å²) in [5.41, 5.74) is 1.84. The van der Waals surface area contributed by atoms with Gasteiger partial charge in [0.05, 0.1) is 0 Å². The van der Waals surface area contributed by atoms with Gasteiger partial charge in [0.25, 0.3) is 11.8 Å². The number of ether oxygens (including phenoxy) is 1. The highest BCUT2D eigenvalue weighted by Crippen LogP contribution is 2.20. The first-order chi connectivity index (χ1) is 16.5. The second-order valence-electron chi connectivity index (χ2n) is 9.20. The van der Waals surface area contributed by atoms with Crippen molar-refractivity contribution in [3.63, 3.8) is 0 Å². The maximum absolute atomic E-state index is 12.8. The van der Waals surface area contributed by atoms with Crippen LogP contribution >= 0.6 is 0 Å². The van der Waals surface area contributed by atoms with E-state index in [1.807, 2.05) is 66.4 Å². The summed E-state index contributed by atoms with van der Waals surface area (Å²) in [6.07, 6.45) is 2.84. The fraction of sp³-hybridized carbons (Fsp3) is 0.444. The van der Waals surface area contributed by atoms with E-state index in [1.54, 1.807) is 4.90 Å². The molecule has 2 aliphatic heterocycles. The van der Waals surface area contributed by atoms with E-state index in [4.69, 9.17) is 4.74 Å². The Balaban J connectivity index is 1.16. The van der Waals surface area contributed by atoms with Gasteiger partial charge in [-0.3, -0.25) is 14.4 Å². The fourth-order valence-corrected chi connectivity index (χ4v) is 4.57. The van der Waals surface area contributed by atoms with Crippen molar-refractivity contribution in [1.29, 1.82) is 0 Å². The average molecular weight is 464 g/mol. The van der Waals surface area contributed by atoms with Crippen LogP contribution in [-0.2, 0) is 9.59 Å². The molecule has 34 heavy (non-hydrogen) atoms. The maximum atomic E-state index is 12.8. The van der Waals surface area contributed by atoms with Crippen molar-refractivity contribution in [2.75, 3.05) is 32.8 Å². The first kappa shape index (κ1) is 23.8. The molecule has 2 aromatic rings. The Kier molecular flexibility index (Phi) is 7.83. The van der Waals surface area contributed by atoms with Crippen LogP contribution in [0.5, 0.6) is 5.75 Å². The number of benzene rings is 2. The predicted octanol–water partition coefficient (Wildman–Crippen LogP) is 3.03. The molecule has 0 bridgehead atoms. The number of nitrogens with one attached hydrogen (secondary N) is 1. The lowest BCUT2D eigenvalue weighted by Gasteiger charge is -2.35. The molecular weight excluding hydrogens is 430 g/mol. The number of rotatable bonds is 6. The number of carbonyl (C=O) groups is 3. The van der Waals surface area contributed by atoms with Crippen molar-refractivity contribution in [3.8, 4) is 5.75 Å². The highest BCUT2D eigenvalue weighted by atomic mass is 16.5. The standard InChI is InChI=1S/C27H33N3O4/c1-20-7-9-22(10-8-20)27(33)30-17-13-23(14-18-30)28-26(32)21-11-15-29(16-12-21)25(31)19-34-24-5-3-2-4-6-24/h2-10,21,23H,11-19H2,1H3,(H,28,32). The van der Waals surface area contributed by atoms with Gasteiger partial charge in [-0.05, 0) is 56.9 Å². The van der Waals surface area contributed by atoms with Crippen molar-refractivity contribution in [1.82, 2.24) is 15.1 Å². The molecule has 2 saturated heterocycles. The Morgan fingerprint density at radius 2 is 1.47 bits per heavy atom. The summed E-state index contributed by atoms with van der Waals surface area (Å²) in [6.45, 7) is 4.44. The van der Waals surface area contributed by atoms with Gasteiger partial charge in [0, 0.05) is 43.7 Å². The van der Waals surface area contributed by atoms with E-state index >= 15 is 0 Å². The number of nitrogens with zero attached hydrogens (tertiary/aromatic N) is 2. The number of hydrogen-bond acceptors (Lipinski definition) is 4. The molecule has 2 aliphatic rings. The van der Waals surface area contributed by atoms with Gasteiger partial charge in [-0.25, -0.2) is 0 Å². The summed E-state index contributed by atoms with van der Waals surface area (Å²) in [6, 6.07) is 17.0. The summed E-state index contributed by atoms with van der Waals surface area (Å²) in [5.74, 6) is 0.672. The van der Waals surface area contributed by atoms with E-state index in [-0.39, 0.29) is 36.3 Å². The van der Waals surface area contributed by atoms with Gasteiger partial charge >= 0.3 is 0 Å². The van der Waals surface area contributed by atoms with Crippen LogP contribution in [0, 0.1) is 12.8 Å². The van der Waals surface area contributed by atoms with Crippen LogP contribution in [0.3, 0.4) is 0 Å². The molecule has 2 heterocycles. The quantitative estimate of drug-likeness (QED) is 0.714. The van der Waals surface area contributed by atoms with Crippen LogP contribution in [-0.4, -0.2) is 66.3 Å². The van der Waals surface area contributed by atoms with Crippen molar-refractivity contribution in [2.24, 2.45) is 5.92 Å². The van der Waals surface area contributed by atoms with Crippen LogP contribution in [0.15, 0.2) is 54.6 Å². The Morgan fingerprint density at radius 1 is 0.853 bits per heavy atom. The number of aryl methyl sites for hydroxylation is 1. The van der Waals surface area contributed by atoms with Gasteiger partial charge in [-0.2, -0.15) is 0 Å². The highest BCUT2D eigenvalue weighted by Gasteiger charge is 2.30. The van der Waals surface area contributed by atoms with Crippen LogP contribution in [0.25, 0.3) is 0 Å². The molecule has 0 aromatic heterocycles. The monoisotopic (exact) mass is 463 g/mol. The van der Waals surface area contributed by atoms with E-state index < -0.39 is 0 Å². The molecule has 1 N–H and O–H groups in total. The Bertz CT molecular complexity index is 977. The zero-order valence-corrected chi connectivity index (χ0v) is 19.7. The number of amides is 3. The van der Waals surface area contributed by atoms with Gasteiger partial charge < -0.3 is 19.9 Å². The average Bonchev–Trinajstić information content (AvgIpc) is 2.88. The molecule has 0 unspecified atom stereocenters. The summed E-state index contributed by atoms with van der Waals surface area (Å²) < 4.78 is 5.56. The predicted molar refractivity (Wildman–Crippen MR) is 129 cm³/mol. The largest absolute Gasteiger partial charge is 0.484 e. The van der Waals surface area contributed by atoms with Crippen molar-refractivity contribution < 1.29 is 19.1 Å². The third kappa shape index (κ3) is 6.16. The zero-order valence-electron chi connectivity index (χ0n) is 19.7. The molecule has 2 fully saturated rings. The molecular formula is C27H33N3O4. The van der Waals surface area contributed by atoms with Gasteiger partial charge in [0.1, 0.15) is 5.75 Å². The molecule has 180 valence electrons. The number of para-hydroxylation sites is 1. The summed E-state index contributed by atoms with van der Waals surface area (Å²) in [7, 11) is 0. The highest BCUT2D eigenvalue weighted by molar-refractivity contribution is 5.94. The molecule has 0 radical (unpaired) electrons. The minimum Gasteiger partial charge on any atom is -0.484 e. The van der Waals surface area contributed by atoms with E-state index in [2.05, 4.69) is 5.32 Å². The fourth-order valence-electron chi connectivity index (χ4n) is 4.57. The first-order valence-electron chi connectivity index (χ1n) is 12.1.